The van der Waals surface area contributed by atoms with Crippen LogP contribution >= 0.6 is 31.9 Å². The van der Waals surface area contributed by atoms with Crippen LogP contribution in [0.2, 0.25) is 0 Å². The van der Waals surface area contributed by atoms with E-state index in [1.54, 1.807) is 4.68 Å². The Bertz CT molecular complexity index is 207. The number of hydrogen-bond acceptors (Lipinski definition) is 1. The molecule has 9 heavy (non-hydrogen) atoms. The van der Waals surface area contributed by atoms with Gasteiger partial charge in [0.15, 0.2) is 0 Å². The van der Waals surface area contributed by atoms with Crippen LogP contribution in [0.15, 0.2) is 10.7 Å². The summed E-state index contributed by atoms with van der Waals surface area (Å²) < 4.78 is 2.84. The quantitative estimate of drug-likeness (QED) is 0.701. The van der Waals surface area contributed by atoms with E-state index in [4.69, 9.17) is 0 Å². The minimum Gasteiger partial charge on any atom is -0.274 e. The first-order valence-corrected chi connectivity index (χ1v) is 4.39. The Morgan fingerprint density at radius 2 is 2.44 bits per heavy atom. The van der Waals surface area contributed by atoms with Gasteiger partial charge in [0, 0.05) is 18.6 Å². The van der Waals surface area contributed by atoms with Crippen molar-refractivity contribution in [2.75, 3.05) is 0 Å². The van der Waals surface area contributed by atoms with Gasteiger partial charge in [-0.25, -0.2) is 0 Å². The average molecular weight is 254 g/mol. The number of rotatable bonds is 1. The molecule has 0 spiro atoms. The van der Waals surface area contributed by atoms with Crippen molar-refractivity contribution in [2.45, 2.75) is 5.33 Å². The third kappa shape index (κ3) is 1.55. The molecule has 0 amide bonds. The molecule has 0 aliphatic heterocycles. The lowest BCUT2D eigenvalue weighted by Gasteiger charge is -1.83. The molecule has 0 aliphatic carbocycles. The Morgan fingerprint density at radius 3 is 2.67 bits per heavy atom. The predicted octanol–water partition coefficient (Wildman–Crippen LogP) is 2.08. The van der Waals surface area contributed by atoms with E-state index in [1.807, 2.05) is 13.2 Å². The monoisotopic (exact) mass is 252 g/mol. The second-order valence-electron chi connectivity index (χ2n) is 1.73. The zero-order valence-corrected chi connectivity index (χ0v) is 8.11. The van der Waals surface area contributed by atoms with Crippen molar-refractivity contribution >= 4 is 31.9 Å². The minimum absolute atomic E-state index is 0.800. The molecule has 0 bridgehead atoms. The number of aryl methyl sites for hydroxylation is 1. The van der Waals surface area contributed by atoms with Gasteiger partial charge in [-0.15, -0.1) is 0 Å². The van der Waals surface area contributed by atoms with Gasteiger partial charge in [0.05, 0.1) is 10.2 Å². The van der Waals surface area contributed by atoms with E-state index in [2.05, 4.69) is 37.0 Å². The fourth-order valence-electron chi connectivity index (χ4n) is 0.596. The molecular formula is C5H6Br2N2. The van der Waals surface area contributed by atoms with Gasteiger partial charge in [-0.1, -0.05) is 15.9 Å². The van der Waals surface area contributed by atoms with Crippen LogP contribution in [0.25, 0.3) is 0 Å². The summed E-state index contributed by atoms with van der Waals surface area (Å²) in [5.74, 6) is 0. The van der Waals surface area contributed by atoms with Gasteiger partial charge in [-0.05, 0) is 15.9 Å². The summed E-state index contributed by atoms with van der Waals surface area (Å²) in [6.45, 7) is 0. The van der Waals surface area contributed by atoms with Crippen LogP contribution in [-0.2, 0) is 12.4 Å². The van der Waals surface area contributed by atoms with E-state index in [1.165, 1.54) is 0 Å². The van der Waals surface area contributed by atoms with E-state index in [0.717, 1.165) is 15.5 Å². The van der Waals surface area contributed by atoms with Crippen LogP contribution in [0.5, 0.6) is 0 Å². The van der Waals surface area contributed by atoms with Gasteiger partial charge in [0.25, 0.3) is 0 Å². The van der Waals surface area contributed by atoms with Gasteiger partial charge in [-0.3, -0.25) is 4.68 Å². The van der Waals surface area contributed by atoms with Gasteiger partial charge in [0.1, 0.15) is 0 Å². The Balaban J connectivity index is 3.01. The maximum atomic E-state index is 4.15. The van der Waals surface area contributed by atoms with E-state index in [-0.39, 0.29) is 0 Å². The number of nitrogens with zero attached hydrogens (tertiary/aromatic N) is 2. The summed E-state index contributed by atoms with van der Waals surface area (Å²) in [6.07, 6.45) is 1.93. The first-order valence-electron chi connectivity index (χ1n) is 2.48. The Kier molecular flexibility index (Phi) is 2.29. The van der Waals surface area contributed by atoms with E-state index in [9.17, 15) is 0 Å². The molecule has 1 rings (SSSR count). The average Bonchev–Trinajstić information content (AvgIpc) is 2.10. The Morgan fingerprint density at radius 1 is 1.78 bits per heavy atom. The van der Waals surface area contributed by atoms with Crippen LogP contribution in [-0.4, -0.2) is 9.78 Å². The lowest BCUT2D eigenvalue weighted by molar-refractivity contribution is 0.755. The zero-order chi connectivity index (χ0) is 6.85. The molecule has 0 fully saturated rings. The minimum atomic E-state index is 0.800. The molecule has 1 heterocycles. The molecule has 0 N–H and O–H groups in total. The molecule has 1 aromatic rings. The van der Waals surface area contributed by atoms with Crippen LogP contribution in [0, 0.1) is 0 Å². The lowest BCUT2D eigenvalue weighted by Crippen LogP contribution is -1.87. The smallest absolute Gasteiger partial charge is 0.0871 e. The fraction of sp³-hybridized carbons (Fsp3) is 0.400. The first kappa shape index (κ1) is 7.28. The first-order chi connectivity index (χ1) is 4.24. The third-order valence-corrected chi connectivity index (χ3v) is 2.17. The number of alkyl halides is 1. The lowest BCUT2D eigenvalue weighted by atomic mass is 10.5. The van der Waals surface area contributed by atoms with Crippen molar-refractivity contribution in [1.29, 1.82) is 0 Å². The highest BCUT2D eigenvalue weighted by Gasteiger charge is 2.00. The van der Waals surface area contributed by atoms with E-state index < -0.39 is 0 Å². The molecule has 0 unspecified atom stereocenters. The van der Waals surface area contributed by atoms with Gasteiger partial charge in [-0.2, -0.15) is 5.10 Å². The normalized spacial score (nSPS) is 10.1. The van der Waals surface area contributed by atoms with Crippen molar-refractivity contribution < 1.29 is 0 Å². The molecule has 0 radical (unpaired) electrons. The largest absolute Gasteiger partial charge is 0.274 e. The highest BCUT2D eigenvalue weighted by Crippen LogP contribution is 2.16. The topological polar surface area (TPSA) is 17.8 Å². The fourth-order valence-corrected chi connectivity index (χ4v) is 1.90. The van der Waals surface area contributed by atoms with Gasteiger partial charge in [0.2, 0.25) is 0 Å². The predicted molar refractivity (Wildman–Crippen MR) is 43.5 cm³/mol. The van der Waals surface area contributed by atoms with E-state index >= 15 is 0 Å². The molecule has 2 nitrogen and oxygen atoms in total. The summed E-state index contributed by atoms with van der Waals surface area (Å²) in [4.78, 5) is 0. The van der Waals surface area contributed by atoms with Crippen molar-refractivity contribution in [2.24, 2.45) is 7.05 Å². The second kappa shape index (κ2) is 2.84. The summed E-state index contributed by atoms with van der Waals surface area (Å²) in [5, 5.41) is 4.95. The molecule has 0 aliphatic rings. The number of hydrogen-bond donors (Lipinski definition) is 0. The van der Waals surface area contributed by atoms with Crippen molar-refractivity contribution in [1.82, 2.24) is 9.78 Å². The highest BCUT2D eigenvalue weighted by atomic mass is 79.9. The highest BCUT2D eigenvalue weighted by molar-refractivity contribution is 9.10. The van der Waals surface area contributed by atoms with Crippen molar-refractivity contribution in [3.05, 3.63) is 16.4 Å². The van der Waals surface area contributed by atoms with Crippen LogP contribution < -0.4 is 0 Å². The Labute approximate surface area is 70.5 Å². The number of halogens is 2. The molecule has 0 saturated carbocycles. The van der Waals surface area contributed by atoms with Crippen molar-refractivity contribution in [3.63, 3.8) is 0 Å². The molecule has 0 atom stereocenters. The summed E-state index contributed by atoms with van der Waals surface area (Å²) in [7, 11) is 1.90. The second-order valence-corrected chi connectivity index (χ2v) is 3.15. The van der Waals surface area contributed by atoms with Gasteiger partial charge < -0.3 is 0 Å². The molecule has 50 valence electrons. The zero-order valence-electron chi connectivity index (χ0n) is 4.93. The van der Waals surface area contributed by atoms with Gasteiger partial charge >= 0.3 is 0 Å². The van der Waals surface area contributed by atoms with Crippen LogP contribution in [0.4, 0.5) is 0 Å². The molecule has 1 aromatic heterocycles. The summed E-state index contributed by atoms with van der Waals surface area (Å²) in [5.41, 5.74) is 1.04. The molecular weight excluding hydrogens is 248 g/mol. The summed E-state index contributed by atoms with van der Waals surface area (Å²) in [6, 6.07) is 0. The molecule has 0 aromatic carbocycles. The van der Waals surface area contributed by atoms with E-state index in [0.29, 0.717) is 0 Å². The van der Waals surface area contributed by atoms with Crippen LogP contribution in [0.3, 0.4) is 0 Å². The molecule has 4 heteroatoms. The standard InChI is InChI=1S/C5H6Br2N2/c1-9-3-4(7)5(2-6)8-9/h3H,2H2,1H3. The van der Waals surface area contributed by atoms with Crippen molar-refractivity contribution in [3.8, 4) is 0 Å². The summed E-state index contributed by atoms with van der Waals surface area (Å²) >= 11 is 6.68. The number of aromatic nitrogens is 2. The molecule has 0 saturated heterocycles. The maximum Gasteiger partial charge on any atom is 0.0871 e. The Hall–Kier alpha value is 0.170. The van der Waals surface area contributed by atoms with Crippen LogP contribution in [0.1, 0.15) is 5.69 Å². The third-order valence-electron chi connectivity index (χ3n) is 0.981. The maximum absolute atomic E-state index is 4.15. The SMILES string of the molecule is Cn1cc(Br)c(CBr)n1.